The van der Waals surface area contributed by atoms with E-state index in [-0.39, 0.29) is 11.5 Å². The molecule has 96 valence electrons. The molecule has 1 aromatic rings. The first-order valence-corrected chi connectivity index (χ1v) is 6.58. The van der Waals surface area contributed by atoms with Crippen molar-refractivity contribution in [3.8, 4) is 0 Å². The second-order valence-electron chi connectivity index (χ2n) is 6.42. The summed E-state index contributed by atoms with van der Waals surface area (Å²) in [4.78, 5) is 0. The maximum absolute atomic E-state index is 9.91. The summed E-state index contributed by atoms with van der Waals surface area (Å²) in [7, 11) is 0. The third-order valence-electron chi connectivity index (χ3n) is 4.08. The smallest absolute Gasteiger partial charge is 0.0580 e. The molecule has 3 heteroatoms. The van der Waals surface area contributed by atoms with Crippen LogP contribution in [0.2, 0.25) is 0 Å². The highest BCUT2D eigenvalue weighted by Gasteiger charge is 2.38. The predicted molar refractivity (Wildman–Crippen MR) is 68.8 cm³/mol. The Morgan fingerprint density at radius 2 is 2.06 bits per heavy atom. The highest BCUT2D eigenvalue weighted by molar-refractivity contribution is 5.01. The highest BCUT2D eigenvalue weighted by Crippen LogP contribution is 2.44. The zero-order valence-corrected chi connectivity index (χ0v) is 11.3. The average molecular weight is 236 g/mol. The molecule has 1 fully saturated rings. The van der Waals surface area contributed by atoms with E-state index in [9.17, 15) is 5.11 Å². The Morgan fingerprint density at radius 3 is 2.59 bits per heavy atom. The van der Waals surface area contributed by atoms with Gasteiger partial charge in [-0.05, 0) is 43.6 Å². The molecule has 0 aromatic carbocycles. The lowest BCUT2D eigenvalue weighted by Crippen LogP contribution is -2.38. The van der Waals surface area contributed by atoms with E-state index in [2.05, 4.69) is 37.5 Å². The molecular formula is C14H24N2O. The van der Waals surface area contributed by atoms with Crippen LogP contribution in [-0.2, 0) is 0 Å². The van der Waals surface area contributed by atoms with Gasteiger partial charge < -0.3 is 5.11 Å². The van der Waals surface area contributed by atoms with Crippen molar-refractivity contribution in [2.75, 3.05) is 0 Å². The topological polar surface area (TPSA) is 38.0 Å². The molecule has 2 rings (SSSR count). The van der Waals surface area contributed by atoms with Crippen molar-refractivity contribution in [2.24, 2.45) is 11.3 Å². The van der Waals surface area contributed by atoms with Gasteiger partial charge in [-0.3, -0.25) is 4.68 Å². The fraction of sp³-hybridized carbons (Fsp3) is 0.786. The van der Waals surface area contributed by atoms with Crippen LogP contribution in [0.15, 0.2) is 12.3 Å². The summed E-state index contributed by atoms with van der Waals surface area (Å²) >= 11 is 0. The van der Waals surface area contributed by atoms with Crippen LogP contribution in [0, 0.1) is 18.3 Å². The highest BCUT2D eigenvalue weighted by atomic mass is 16.3. The maximum atomic E-state index is 9.91. The Hall–Kier alpha value is -0.830. The standard InChI is InChI=1S/C14H24N2O/c1-10-7-8-15-16(10)13-9-11(17)5-6-12(13)14(2,3)4/h7-8,11-13,17H,5-6,9H2,1-4H3. The first-order valence-electron chi connectivity index (χ1n) is 6.58. The van der Waals surface area contributed by atoms with Crippen LogP contribution in [0.4, 0.5) is 0 Å². The minimum Gasteiger partial charge on any atom is -0.393 e. The Kier molecular flexibility index (Phi) is 3.30. The van der Waals surface area contributed by atoms with E-state index >= 15 is 0 Å². The van der Waals surface area contributed by atoms with Crippen molar-refractivity contribution in [3.05, 3.63) is 18.0 Å². The third kappa shape index (κ3) is 2.54. The molecule has 1 heterocycles. The number of rotatable bonds is 1. The van der Waals surface area contributed by atoms with E-state index in [1.54, 1.807) is 0 Å². The van der Waals surface area contributed by atoms with Gasteiger partial charge in [0, 0.05) is 11.9 Å². The van der Waals surface area contributed by atoms with Gasteiger partial charge in [0.1, 0.15) is 0 Å². The van der Waals surface area contributed by atoms with Gasteiger partial charge in [-0.15, -0.1) is 0 Å². The molecular weight excluding hydrogens is 212 g/mol. The molecule has 0 saturated heterocycles. The average Bonchev–Trinajstić information content (AvgIpc) is 2.62. The quantitative estimate of drug-likeness (QED) is 0.814. The van der Waals surface area contributed by atoms with Crippen molar-refractivity contribution in [1.29, 1.82) is 0 Å². The molecule has 1 N–H and O–H groups in total. The van der Waals surface area contributed by atoms with Gasteiger partial charge in [0.05, 0.1) is 12.1 Å². The molecule has 0 radical (unpaired) electrons. The van der Waals surface area contributed by atoms with Crippen LogP contribution >= 0.6 is 0 Å². The zero-order valence-electron chi connectivity index (χ0n) is 11.3. The molecule has 1 saturated carbocycles. The number of aliphatic hydroxyl groups is 1. The molecule has 0 amide bonds. The van der Waals surface area contributed by atoms with Crippen LogP contribution < -0.4 is 0 Å². The number of hydrogen-bond donors (Lipinski definition) is 1. The van der Waals surface area contributed by atoms with Crippen LogP contribution in [0.5, 0.6) is 0 Å². The van der Waals surface area contributed by atoms with Crippen molar-refractivity contribution >= 4 is 0 Å². The Labute approximate surface area is 104 Å². The fourth-order valence-corrected chi connectivity index (χ4v) is 3.13. The monoisotopic (exact) mass is 236 g/mol. The molecule has 17 heavy (non-hydrogen) atoms. The summed E-state index contributed by atoms with van der Waals surface area (Å²) in [6, 6.07) is 2.38. The van der Waals surface area contributed by atoms with Crippen molar-refractivity contribution in [3.63, 3.8) is 0 Å². The number of aryl methyl sites for hydroxylation is 1. The first kappa shape index (κ1) is 12.6. The van der Waals surface area contributed by atoms with Gasteiger partial charge in [-0.1, -0.05) is 20.8 Å². The lowest BCUT2D eigenvalue weighted by atomic mass is 9.69. The Bertz CT molecular complexity index is 378. The van der Waals surface area contributed by atoms with Gasteiger partial charge in [0.2, 0.25) is 0 Å². The van der Waals surface area contributed by atoms with Crippen molar-refractivity contribution < 1.29 is 5.11 Å². The fourth-order valence-electron chi connectivity index (χ4n) is 3.13. The van der Waals surface area contributed by atoms with Gasteiger partial charge in [-0.2, -0.15) is 5.10 Å². The van der Waals surface area contributed by atoms with Gasteiger partial charge in [0.25, 0.3) is 0 Å². The summed E-state index contributed by atoms with van der Waals surface area (Å²) < 4.78 is 2.11. The normalized spacial score (nSPS) is 30.5. The molecule has 0 bridgehead atoms. The summed E-state index contributed by atoms with van der Waals surface area (Å²) in [5.41, 5.74) is 1.46. The largest absolute Gasteiger partial charge is 0.393 e. The summed E-state index contributed by atoms with van der Waals surface area (Å²) in [6.07, 6.45) is 4.55. The molecule has 3 nitrogen and oxygen atoms in total. The van der Waals surface area contributed by atoms with Crippen molar-refractivity contribution in [1.82, 2.24) is 9.78 Å². The van der Waals surface area contributed by atoms with E-state index in [0.29, 0.717) is 12.0 Å². The summed E-state index contributed by atoms with van der Waals surface area (Å²) in [5, 5.41) is 14.4. The van der Waals surface area contributed by atoms with E-state index in [1.807, 2.05) is 12.3 Å². The second kappa shape index (κ2) is 4.45. The van der Waals surface area contributed by atoms with E-state index in [0.717, 1.165) is 19.3 Å². The molecule has 1 aromatic heterocycles. The van der Waals surface area contributed by atoms with E-state index in [1.165, 1.54) is 5.69 Å². The SMILES string of the molecule is Cc1ccnn1C1CC(O)CCC1C(C)(C)C. The summed E-state index contributed by atoms with van der Waals surface area (Å²) in [6.45, 7) is 8.97. The van der Waals surface area contributed by atoms with Crippen LogP contribution in [0.25, 0.3) is 0 Å². The van der Waals surface area contributed by atoms with E-state index < -0.39 is 0 Å². The van der Waals surface area contributed by atoms with E-state index in [4.69, 9.17) is 0 Å². The Morgan fingerprint density at radius 1 is 1.35 bits per heavy atom. The van der Waals surface area contributed by atoms with Gasteiger partial charge >= 0.3 is 0 Å². The third-order valence-corrected chi connectivity index (χ3v) is 4.08. The number of aliphatic hydroxyl groups excluding tert-OH is 1. The summed E-state index contributed by atoms with van der Waals surface area (Å²) in [5.74, 6) is 0.587. The second-order valence-corrected chi connectivity index (χ2v) is 6.42. The lowest BCUT2D eigenvalue weighted by molar-refractivity contribution is 0.0247. The number of nitrogens with zero attached hydrogens (tertiary/aromatic N) is 2. The maximum Gasteiger partial charge on any atom is 0.0580 e. The molecule has 3 unspecified atom stereocenters. The molecule has 1 aliphatic rings. The zero-order chi connectivity index (χ0) is 12.6. The Balaban J connectivity index is 2.29. The minimum absolute atomic E-state index is 0.165. The molecule has 0 spiro atoms. The van der Waals surface area contributed by atoms with Crippen LogP contribution in [-0.4, -0.2) is 21.0 Å². The molecule has 3 atom stereocenters. The first-order chi connectivity index (χ1) is 7.89. The molecule has 1 aliphatic carbocycles. The minimum atomic E-state index is -0.165. The number of aromatic nitrogens is 2. The lowest BCUT2D eigenvalue weighted by Gasteiger charge is -2.42. The van der Waals surface area contributed by atoms with Crippen molar-refractivity contribution in [2.45, 2.75) is 59.1 Å². The number of hydrogen-bond acceptors (Lipinski definition) is 2. The van der Waals surface area contributed by atoms with Gasteiger partial charge in [-0.25, -0.2) is 0 Å². The van der Waals surface area contributed by atoms with Crippen LogP contribution in [0.3, 0.4) is 0 Å². The predicted octanol–water partition coefficient (Wildman–Crippen LogP) is 2.94. The van der Waals surface area contributed by atoms with Crippen LogP contribution in [0.1, 0.15) is 51.8 Å². The molecule has 0 aliphatic heterocycles. The van der Waals surface area contributed by atoms with Gasteiger partial charge in [0.15, 0.2) is 0 Å².